The summed E-state index contributed by atoms with van der Waals surface area (Å²) in [7, 11) is 0. The van der Waals surface area contributed by atoms with Crippen LogP contribution in [0.2, 0.25) is 0 Å². The summed E-state index contributed by atoms with van der Waals surface area (Å²) in [6.45, 7) is 1.85. The largest absolute Gasteiger partial charge is 0.385 e. The van der Waals surface area contributed by atoms with Crippen LogP contribution in [0.3, 0.4) is 0 Å². The molecular weight excluding hydrogens is 174 g/mol. The van der Waals surface area contributed by atoms with Gasteiger partial charge in [0.25, 0.3) is 0 Å². The predicted octanol–water partition coefficient (Wildman–Crippen LogP) is 2.01. The number of rotatable bonds is 7. The van der Waals surface area contributed by atoms with Crippen LogP contribution >= 0.6 is 0 Å². The minimum absolute atomic E-state index is 0.817. The molecule has 0 amide bonds. The summed E-state index contributed by atoms with van der Waals surface area (Å²) in [6.07, 6.45) is 8.47. The van der Waals surface area contributed by atoms with Gasteiger partial charge in [0.2, 0.25) is 0 Å². The molecule has 14 heavy (non-hydrogen) atoms. The Labute approximate surface area is 85.7 Å². The van der Waals surface area contributed by atoms with Crippen LogP contribution in [-0.2, 0) is 0 Å². The molecule has 0 aliphatic carbocycles. The van der Waals surface area contributed by atoms with Crippen LogP contribution in [0.5, 0.6) is 0 Å². The number of nitrogens with one attached hydrogen (secondary N) is 1. The highest BCUT2D eigenvalue weighted by molar-refractivity contribution is 5.40. The topological polar surface area (TPSA) is 50.9 Å². The van der Waals surface area contributed by atoms with Gasteiger partial charge in [-0.25, -0.2) is 0 Å². The Morgan fingerprint density at radius 2 is 1.79 bits per heavy atom. The molecule has 0 aliphatic rings. The van der Waals surface area contributed by atoms with Gasteiger partial charge >= 0.3 is 0 Å². The third kappa shape index (κ3) is 4.82. The first-order valence-corrected chi connectivity index (χ1v) is 5.27. The molecule has 1 aromatic rings. The fraction of sp³-hybridized carbons (Fsp3) is 0.545. The lowest BCUT2D eigenvalue weighted by Crippen LogP contribution is -2.02. The quantitative estimate of drug-likeness (QED) is 0.651. The highest BCUT2D eigenvalue weighted by atomic mass is 14.9. The number of pyridine rings is 1. The fourth-order valence-electron chi connectivity index (χ4n) is 1.33. The van der Waals surface area contributed by atoms with Gasteiger partial charge in [-0.05, 0) is 31.5 Å². The highest BCUT2D eigenvalue weighted by Crippen LogP contribution is 2.04. The molecule has 78 valence electrons. The van der Waals surface area contributed by atoms with E-state index in [0.29, 0.717) is 0 Å². The molecule has 1 rings (SSSR count). The van der Waals surface area contributed by atoms with Crippen molar-refractivity contribution >= 4 is 5.69 Å². The molecule has 0 unspecified atom stereocenters. The summed E-state index contributed by atoms with van der Waals surface area (Å²) in [4.78, 5) is 3.96. The number of hydrogen-bond acceptors (Lipinski definition) is 3. The van der Waals surface area contributed by atoms with Crippen molar-refractivity contribution in [2.75, 3.05) is 18.4 Å². The van der Waals surface area contributed by atoms with E-state index < -0.39 is 0 Å². The summed E-state index contributed by atoms with van der Waals surface area (Å²) in [5.41, 5.74) is 6.56. The number of nitrogens with two attached hydrogens (primary N) is 1. The summed E-state index contributed by atoms with van der Waals surface area (Å²) in [6, 6.07) is 3.97. The van der Waals surface area contributed by atoms with Crippen LogP contribution in [0.25, 0.3) is 0 Å². The molecule has 0 saturated carbocycles. The van der Waals surface area contributed by atoms with Crippen molar-refractivity contribution in [1.82, 2.24) is 4.98 Å². The molecular formula is C11H19N3. The Hall–Kier alpha value is -1.09. The van der Waals surface area contributed by atoms with Gasteiger partial charge in [0.15, 0.2) is 0 Å². The standard InChI is InChI=1S/C11H19N3/c12-7-3-1-2-4-8-14-11-5-9-13-10-6-11/h5-6,9-10H,1-4,7-8,12H2,(H,13,14). The highest BCUT2D eigenvalue weighted by Gasteiger charge is 1.90. The number of aromatic nitrogens is 1. The molecule has 0 bridgehead atoms. The van der Waals surface area contributed by atoms with E-state index >= 15 is 0 Å². The Bertz CT molecular complexity index is 223. The fourth-order valence-corrected chi connectivity index (χ4v) is 1.33. The lowest BCUT2D eigenvalue weighted by atomic mass is 10.2. The second kappa shape index (κ2) is 7.33. The number of unbranched alkanes of at least 4 members (excludes halogenated alkanes) is 3. The van der Waals surface area contributed by atoms with Crippen molar-refractivity contribution in [2.45, 2.75) is 25.7 Å². The average Bonchev–Trinajstić information content (AvgIpc) is 2.25. The van der Waals surface area contributed by atoms with Gasteiger partial charge in [0.1, 0.15) is 0 Å². The number of anilines is 1. The molecule has 0 radical (unpaired) electrons. The van der Waals surface area contributed by atoms with Gasteiger partial charge in [-0.1, -0.05) is 12.8 Å². The lowest BCUT2D eigenvalue weighted by Gasteiger charge is -2.04. The molecule has 0 aromatic carbocycles. The van der Waals surface area contributed by atoms with Gasteiger partial charge < -0.3 is 11.1 Å². The summed E-state index contributed by atoms with van der Waals surface area (Å²) < 4.78 is 0. The van der Waals surface area contributed by atoms with Crippen molar-refractivity contribution in [1.29, 1.82) is 0 Å². The van der Waals surface area contributed by atoms with E-state index in [4.69, 9.17) is 5.73 Å². The number of nitrogens with zero attached hydrogens (tertiary/aromatic N) is 1. The van der Waals surface area contributed by atoms with E-state index in [1.807, 2.05) is 12.1 Å². The first-order valence-electron chi connectivity index (χ1n) is 5.27. The van der Waals surface area contributed by atoms with Crippen LogP contribution in [0.15, 0.2) is 24.5 Å². The Morgan fingerprint density at radius 3 is 2.50 bits per heavy atom. The average molecular weight is 193 g/mol. The van der Waals surface area contributed by atoms with Gasteiger partial charge in [0.05, 0.1) is 0 Å². The van der Waals surface area contributed by atoms with E-state index in [2.05, 4.69) is 10.3 Å². The maximum Gasteiger partial charge on any atom is 0.0371 e. The zero-order valence-electron chi connectivity index (χ0n) is 8.58. The summed E-state index contributed by atoms with van der Waals surface area (Å²) in [5.74, 6) is 0. The van der Waals surface area contributed by atoms with Crippen LogP contribution in [0.1, 0.15) is 25.7 Å². The van der Waals surface area contributed by atoms with Gasteiger partial charge in [0, 0.05) is 24.6 Å². The Balaban J connectivity index is 1.99. The summed E-state index contributed by atoms with van der Waals surface area (Å²) in [5, 5.41) is 3.35. The third-order valence-electron chi connectivity index (χ3n) is 2.14. The maximum absolute atomic E-state index is 5.41. The minimum Gasteiger partial charge on any atom is -0.385 e. The Morgan fingerprint density at radius 1 is 1.07 bits per heavy atom. The van der Waals surface area contributed by atoms with Gasteiger partial charge in [-0.3, -0.25) is 4.98 Å². The smallest absolute Gasteiger partial charge is 0.0371 e. The van der Waals surface area contributed by atoms with E-state index in [1.54, 1.807) is 12.4 Å². The van der Waals surface area contributed by atoms with E-state index in [-0.39, 0.29) is 0 Å². The second-order valence-electron chi connectivity index (χ2n) is 3.37. The third-order valence-corrected chi connectivity index (χ3v) is 2.14. The van der Waals surface area contributed by atoms with Gasteiger partial charge in [-0.2, -0.15) is 0 Å². The zero-order valence-corrected chi connectivity index (χ0v) is 8.58. The molecule has 0 atom stereocenters. The summed E-state index contributed by atoms with van der Waals surface area (Å²) >= 11 is 0. The molecule has 0 saturated heterocycles. The molecule has 0 spiro atoms. The van der Waals surface area contributed by atoms with E-state index in [9.17, 15) is 0 Å². The predicted molar refractivity (Wildman–Crippen MR) is 60.2 cm³/mol. The zero-order chi connectivity index (χ0) is 10.1. The van der Waals surface area contributed by atoms with Crippen LogP contribution in [0, 0.1) is 0 Å². The van der Waals surface area contributed by atoms with Crippen LogP contribution in [0.4, 0.5) is 5.69 Å². The molecule has 3 N–H and O–H groups in total. The molecule has 1 heterocycles. The van der Waals surface area contributed by atoms with Crippen molar-refractivity contribution in [3.8, 4) is 0 Å². The Kier molecular flexibility index (Phi) is 5.75. The monoisotopic (exact) mass is 193 g/mol. The normalized spacial score (nSPS) is 10.1. The molecule has 1 aromatic heterocycles. The molecule has 3 heteroatoms. The molecule has 0 fully saturated rings. The van der Waals surface area contributed by atoms with E-state index in [0.717, 1.165) is 25.2 Å². The second-order valence-corrected chi connectivity index (χ2v) is 3.37. The van der Waals surface area contributed by atoms with E-state index in [1.165, 1.54) is 19.3 Å². The number of hydrogen-bond donors (Lipinski definition) is 2. The first kappa shape index (κ1) is 11.0. The molecule has 0 aliphatic heterocycles. The first-order chi connectivity index (χ1) is 6.93. The SMILES string of the molecule is NCCCCCCNc1ccncc1. The van der Waals surface area contributed by atoms with Crippen molar-refractivity contribution in [3.63, 3.8) is 0 Å². The van der Waals surface area contributed by atoms with Crippen LogP contribution in [-0.4, -0.2) is 18.1 Å². The minimum atomic E-state index is 0.817. The lowest BCUT2D eigenvalue weighted by molar-refractivity contribution is 0.661. The molecule has 3 nitrogen and oxygen atoms in total. The maximum atomic E-state index is 5.41. The van der Waals surface area contributed by atoms with Crippen molar-refractivity contribution < 1.29 is 0 Å². The van der Waals surface area contributed by atoms with Crippen molar-refractivity contribution in [3.05, 3.63) is 24.5 Å². The van der Waals surface area contributed by atoms with Crippen molar-refractivity contribution in [2.24, 2.45) is 5.73 Å². The van der Waals surface area contributed by atoms with Crippen LogP contribution < -0.4 is 11.1 Å². The van der Waals surface area contributed by atoms with Gasteiger partial charge in [-0.15, -0.1) is 0 Å².